The monoisotopic (exact) mass is 483 g/mol. The molecule has 0 spiro atoms. The molecule has 2 aromatic heterocycles. The van der Waals surface area contributed by atoms with Crippen LogP contribution in [0.2, 0.25) is 0 Å². The Hall–Kier alpha value is -1.89. The van der Waals surface area contributed by atoms with E-state index >= 15 is 0 Å². The molecule has 2 fully saturated rings. The Bertz CT molecular complexity index is 1040. The Morgan fingerprint density at radius 2 is 1.94 bits per heavy atom. The molecule has 0 atom stereocenters. The average Bonchev–Trinajstić information content (AvgIpc) is 3.51. The molecule has 1 aliphatic heterocycles. The minimum atomic E-state index is -3.71. The quantitative estimate of drug-likeness (QED) is 0.623. The number of anilines is 1. The number of aromatic nitrogens is 2. The van der Waals surface area contributed by atoms with E-state index in [9.17, 15) is 18.0 Å². The van der Waals surface area contributed by atoms with E-state index in [1.54, 1.807) is 23.3 Å². The highest BCUT2D eigenvalue weighted by Crippen LogP contribution is 2.28. The van der Waals surface area contributed by atoms with Crippen LogP contribution in [0.25, 0.3) is 0 Å². The van der Waals surface area contributed by atoms with E-state index in [2.05, 4.69) is 15.7 Å². The molecule has 1 saturated carbocycles. The first-order valence-corrected chi connectivity index (χ1v) is 13.7. The second-order valence-corrected chi connectivity index (χ2v) is 11.6. The number of nitrogens with zero attached hydrogens (tertiary/aromatic N) is 3. The maximum absolute atomic E-state index is 13.0. The number of amides is 2. The van der Waals surface area contributed by atoms with Gasteiger partial charge in [0.2, 0.25) is 15.9 Å². The molecule has 3 heterocycles. The summed E-state index contributed by atoms with van der Waals surface area (Å²) < 4.78 is 28.8. The van der Waals surface area contributed by atoms with Crippen LogP contribution in [0.4, 0.5) is 5.69 Å². The smallest absolute Gasteiger partial charge is 0.267 e. The van der Waals surface area contributed by atoms with E-state index in [1.807, 2.05) is 0 Å². The number of thiophene rings is 1. The summed E-state index contributed by atoms with van der Waals surface area (Å²) in [5.74, 6) is 0.880. The second-order valence-electron chi connectivity index (χ2n) is 7.56. The molecule has 2 amide bonds. The van der Waals surface area contributed by atoms with Crippen LogP contribution in [0.5, 0.6) is 0 Å². The first-order chi connectivity index (χ1) is 14.9. The molecule has 9 nitrogen and oxygen atoms in total. The van der Waals surface area contributed by atoms with Gasteiger partial charge in [-0.2, -0.15) is 21.2 Å². The number of nitrogens with one attached hydrogen (secondary N) is 2. The van der Waals surface area contributed by atoms with Gasteiger partial charge in [-0.15, -0.1) is 11.3 Å². The molecular formula is C19H25N5O4S3. The van der Waals surface area contributed by atoms with Gasteiger partial charge in [-0.3, -0.25) is 14.3 Å². The van der Waals surface area contributed by atoms with Gasteiger partial charge in [0.25, 0.3) is 5.91 Å². The third-order valence-electron chi connectivity index (χ3n) is 5.34. The summed E-state index contributed by atoms with van der Waals surface area (Å²) in [6, 6.07) is 1.72. The van der Waals surface area contributed by atoms with Gasteiger partial charge in [-0.25, -0.2) is 8.42 Å². The van der Waals surface area contributed by atoms with Gasteiger partial charge in [0, 0.05) is 36.8 Å². The molecular weight excluding hydrogens is 458 g/mol. The van der Waals surface area contributed by atoms with Crippen molar-refractivity contribution in [2.45, 2.75) is 43.2 Å². The van der Waals surface area contributed by atoms with Crippen LogP contribution in [-0.2, 0) is 21.4 Å². The molecule has 4 rings (SSSR count). The Morgan fingerprint density at radius 3 is 2.68 bits per heavy atom. The van der Waals surface area contributed by atoms with Crippen LogP contribution in [0.3, 0.4) is 0 Å². The zero-order valence-electron chi connectivity index (χ0n) is 17.0. The first kappa shape index (κ1) is 22.3. The van der Waals surface area contributed by atoms with Crippen LogP contribution >= 0.6 is 23.1 Å². The van der Waals surface area contributed by atoms with Crippen molar-refractivity contribution in [1.29, 1.82) is 0 Å². The number of carbonyl (C=O) groups is 2. The van der Waals surface area contributed by atoms with Crippen LogP contribution in [-0.4, -0.2) is 65.0 Å². The van der Waals surface area contributed by atoms with E-state index < -0.39 is 15.9 Å². The van der Waals surface area contributed by atoms with Crippen molar-refractivity contribution in [3.8, 4) is 0 Å². The van der Waals surface area contributed by atoms with Crippen molar-refractivity contribution < 1.29 is 18.0 Å². The molecule has 0 aromatic carbocycles. The van der Waals surface area contributed by atoms with E-state index in [4.69, 9.17) is 0 Å². The van der Waals surface area contributed by atoms with Crippen molar-refractivity contribution >= 4 is 50.6 Å². The summed E-state index contributed by atoms with van der Waals surface area (Å²) in [6.07, 6.45) is 7.31. The fourth-order valence-electron chi connectivity index (χ4n) is 3.79. The standard InChI is InChI=1S/C19H25N5O4S3/c25-17(21-14-3-1-2-4-14)13-23-12-15(11-20-23)22-19(26)18-16(5-8-30-18)31(27,28)24-6-9-29-10-7-24/h5,8,11-12,14H,1-4,6-7,9-10,13H2,(H,21,25)(H,22,26). The largest absolute Gasteiger partial charge is 0.352 e. The molecule has 2 aliphatic rings. The SMILES string of the molecule is O=C(Cn1cc(NC(=O)c2sccc2S(=O)(=O)N2CCSCC2)cn1)NC1CCCC1. The highest BCUT2D eigenvalue weighted by molar-refractivity contribution is 7.99. The number of carbonyl (C=O) groups excluding carboxylic acids is 2. The predicted octanol–water partition coefficient (Wildman–Crippen LogP) is 1.99. The Balaban J connectivity index is 1.39. The lowest BCUT2D eigenvalue weighted by Gasteiger charge is -2.25. The minimum Gasteiger partial charge on any atom is -0.352 e. The van der Waals surface area contributed by atoms with Crippen molar-refractivity contribution in [3.05, 3.63) is 28.7 Å². The summed E-state index contributed by atoms with van der Waals surface area (Å²) in [7, 11) is -3.71. The van der Waals surface area contributed by atoms with Crippen LogP contribution in [0.1, 0.15) is 35.4 Å². The Labute approximate surface area is 189 Å². The highest BCUT2D eigenvalue weighted by atomic mass is 32.2. The fourth-order valence-corrected chi connectivity index (χ4v) is 7.66. The lowest BCUT2D eigenvalue weighted by atomic mass is 10.2. The number of hydrogen-bond donors (Lipinski definition) is 2. The van der Waals surface area contributed by atoms with E-state index in [0.717, 1.165) is 48.5 Å². The van der Waals surface area contributed by atoms with E-state index in [0.29, 0.717) is 18.8 Å². The number of sulfonamides is 1. The van der Waals surface area contributed by atoms with Gasteiger partial charge in [-0.05, 0) is 24.3 Å². The van der Waals surface area contributed by atoms with E-state index in [-0.39, 0.29) is 28.3 Å². The maximum Gasteiger partial charge on any atom is 0.267 e. The summed E-state index contributed by atoms with van der Waals surface area (Å²) in [6.45, 7) is 0.956. The zero-order valence-corrected chi connectivity index (χ0v) is 19.4. The topological polar surface area (TPSA) is 113 Å². The highest BCUT2D eigenvalue weighted by Gasteiger charge is 2.31. The third-order valence-corrected chi connectivity index (χ3v) is 9.27. The molecule has 2 N–H and O–H groups in total. The summed E-state index contributed by atoms with van der Waals surface area (Å²) in [4.78, 5) is 25.1. The normalized spacial score (nSPS) is 18.2. The average molecular weight is 484 g/mol. The van der Waals surface area contributed by atoms with Gasteiger partial charge in [0.05, 0.1) is 11.9 Å². The molecule has 168 valence electrons. The summed E-state index contributed by atoms with van der Waals surface area (Å²) in [5.41, 5.74) is 0.407. The number of hydrogen-bond acceptors (Lipinski definition) is 7. The Morgan fingerprint density at radius 1 is 1.19 bits per heavy atom. The second kappa shape index (κ2) is 9.72. The third kappa shape index (κ3) is 5.30. The number of rotatable bonds is 7. The molecule has 0 radical (unpaired) electrons. The fraction of sp³-hybridized carbons (Fsp3) is 0.526. The zero-order chi connectivity index (χ0) is 21.8. The van der Waals surface area contributed by atoms with Gasteiger partial charge in [0.15, 0.2) is 0 Å². The molecule has 1 aliphatic carbocycles. The van der Waals surface area contributed by atoms with Crippen molar-refractivity contribution in [3.63, 3.8) is 0 Å². The maximum atomic E-state index is 13.0. The Kier molecular flexibility index (Phi) is 6.99. The first-order valence-electron chi connectivity index (χ1n) is 10.2. The van der Waals surface area contributed by atoms with Crippen LogP contribution in [0.15, 0.2) is 28.7 Å². The van der Waals surface area contributed by atoms with Crippen molar-refractivity contribution in [2.75, 3.05) is 29.9 Å². The van der Waals surface area contributed by atoms with Crippen molar-refractivity contribution in [1.82, 2.24) is 19.4 Å². The molecule has 31 heavy (non-hydrogen) atoms. The van der Waals surface area contributed by atoms with Gasteiger partial charge in [-0.1, -0.05) is 12.8 Å². The molecule has 2 aromatic rings. The van der Waals surface area contributed by atoms with E-state index in [1.165, 1.54) is 21.3 Å². The summed E-state index contributed by atoms with van der Waals surface area (Å²) >= 11 is 2.81. The number of thioether (sulfide) groups is 1. The molecule has 0 unspecified atom stereocenters. The molecule has 12 heteroatoms. The predicted molar refractivity (Wildman–Crippen MR) is 121 cm³/mol. The summed E-state index contributed by atoms with van der Waals surface area (Å²) in [5, 5.41) is 11.4. The molecule has 0 bridgehead atoms. The van der Waals surface area contributed by atoms with Crippen molar-refractivity contribution in [2.24, 2.45) is 0 Å². The minimum absolute atomic E-state index is 0.0326. The van der Waals surface area contributed by atoms with Gasteiger partial charge >= 0.3 is 0 Å². The lowest BCUT2D eigenvalue weighted by molar-refractivity contribution is -0.122. The van der Waals surface area contributed by atoms with Gasteiger partial charge < -0.3 is 10.6 Å². The lowest BCUT2D eigenvalue weighted by Crippen LogP contribution is -2.38. The molecule has 1 saturated heterocycles. The van der Waals surface area contributed by atoms with Gasteiger partial charge in [0.1, 0.15) is 16.3 Å². The van der Waals surface area contributed by atoms with Crippen LogP contribution in [0, 0.1) is 0 Å². The van der Waals surface area contributed by atoms with Crippen LogP contribution < -0.4 is 10.6 Å².